The van der Waals surface area contributed by atoms with Crippen molar-refractivity contribution in [1.82, 2.24) is 4.90 Å². The average Bonchev–Trinajstić information content (AvgIpc) is 2.40. The molecule has 0 heterocycles. The van der Waals surface area contributed by atoms with E-state index in [1.54, 1.807) is 0 Å². The van der Waals surface area contributed by atoms with Gasteiger partial charge in [0.15, 0.2) is 0 Å². The van der Waals surface area contributed by atoms with Crippen LogP contribution in [0.5, 0.6) is 5.75 Å². The molecule has 0 aliphatic heterocycles. The highest BCUT2D eigenvalue weighted by molar-refractivity contribution is 5.75. The highest BCUT2D eigenvalue weighted by atomic mass is 16.5. The molecule has 0 radical (unpaired) electrons. The van der Waals surface area contributed by atoms with Crippen molar-refractivity contribution in [2.75, 3.05) is 27.8 Å². The van der Waals surface area contributed by atoms with E-state index in [9.17, 15) is 4.79 Å². The van der Waals surface area contributed by atoms with Crippen LogP contribution in [0.1, 0.15) is 18.1 Å². The molecule has 1 aromatic carbocycles. The van der Waals surface area contributed by atoms with E-state index in [-0.39, 0.29) is 0 Å². The van der Waals surface area contributed by atoms with Crippen molar-refractivity contribution < 1.29 is 14.3 Å². The van der Waals surface area contributed by atoms with Gasteiger partial charge in [-0.1, -0.05) is 12.1 Å². The van der Waals surface area contributed by atoms with Crippen LogP contribution in [0.3, 0.4) is 0 Å². The van der Waals surface area contributed by atoms with Gasteiger partial charge in [-0.25, -0.2) is 0 Å². The van der Waals surface area contributed by atoms with Gasteiger partial charge in [0.2, 0.25) is 0 Å². The molecule has 0 aliphatic carbocycles. The first-order chi connectivity index (χ1) is 9.47. The van der Waals surface area contributed by atoms with Gasteiger partial charge in [0.1, 0.15) is 11.8 Å². The van der Waals surface area contributed by atoms with Crippen LogP contribution in [0.4, 0.5) is 0 Å². The van der Waals surface area contributed by atoms with Crippen LogP contribution in [-0.2, 0) is 22.5 Å². The summed E-state index contributed by atoms with van der Waals surface area (Å²) in [5, 5.41) is 0. The molecule has 5 nitrogen and oxygen atoms in total. The number of benzene rings is 1. The third-order valence-electron chi connectivity index (χ3n) is 2.87. The Hall–Kier alpha value is -1.59. The van der Waals surface area contributed by atoms with Crippen molar-refractivity contribution in [1.29, 1.82) is 0 Å². The fraction of sp³-hybridized carbons (Fsp3) is 0.533. The zero-order valence-corrected chi connectivity index (χ0v) is 12.7. The van der Waals surface area contributed by atoms with Crippen LogP contribution in [0.25, 0.3) is 0 Å². The normalized spacial score (nSPS) is 12.3. The van der Waals surface area contributed by atoms with Gasteiger partial charge in [0.05, 0.1) is 13.7 Å². The number of rotatable bonds is 7. The highest BCUT2D eigenvalue weighted by Gasteiger charge is 2.17. The zero-order chi connectivity index (χ0) is 15.1. The molecule has 1 rings (SSSR count). The summed E-state index contributed by atoms with van der Waals surface area (Å²) in [4.78, 5) is 13.5. The molecule has 0 saturated carbocycles. The van der Waals surface area contributed by atoms with Gasteiger partial charge >= 0.3 is 5.97 Å². The van der Waals surface area contributed by atoms with Gasteiger partial charge in [0.25, 0.3) is 0 Å². The van der Waals surface area contributed by atoms with E-state index < -0.39 is 12.0 Å². The second kappa shape index (κ2) is 7.87. The van der Waals surface area contributed by atoms with Crippen molar-refractivity contribution in [2.24, 2.45) is 5.73 Å². The summed E-state index contributed by atoms with van der Waals surface area (Å²) in [5.74, 6) is 0.361. The molecule has 1 aromatic rings. The number of esters is 1. The Morgan fingerprint density at radius 3 is 2.65 bits per heavy atom. The van der Waals surface area contributed by atoms with Crippen molar-refractivity contribution in [3.05, 3.63) is 29.3 Å². The maximum absolute atomic E-state index is 11.5. The first-order valence-corrected chi connectivity index (χ1v) is 6.70. The lowest BCUT2D eigenvalue weighted by Crippen LogP contribution is -2.33. The van der Waals surface area contributed by atoms with Crippen LogP contribution < -0.4 is 10.5 Å². The van der Waals surface area contributed by atoms with Crippen molar-refractivity contribution in [3.63, 3.8) is 0 Å². The van der Waals surface area contributed by atoms with E-state index in [0.717, 1.165) is 23.4 Å². The molecule has 1 unspecified atom stereocenters. The summed E-state index contributed by atoms with van der Waals surface area (Å²) < 4.78 is 10.3. The van der Waals surface area contributed by atoms with Crippen LogP contribution in [0, 0.1) is 0 Å². The maximum atomic E-state index is 11.5. The second-order valence-electron chi connectivity index (χ2n) is 4.95. The average molecular weight is 280 g/mol. The predicted molar refractivity (Wildman–Crippen MR) is 78.7 cm³/mol. The van der Waals surface area contributed by atoms with E-state index in [4.69, 9.17) is 10.5 Å². The van der Waals surface area contributed by atoms with E-state index in [0.29, 0.717) is 13.0 Å². The second-order valence-corrected chi connectivity index (χ2v) is 4.95. The summed E-state index contributed by atoms with van der Waals surface area (Å²) >= 11 is 0. The molecule has 0 fully saturated rings. The first kappa shape index (κ1) is 16.5. The molecule has 0 amide bonds. The van der Waals surface area contributed by atoms with E-state index in [1.807, 2.05) is 39.2 Å². The van der Waals surface area contributed by atoms with Gasteiger partial charge in [-0.05, 0) is 38.2 Å². The van der Waals surface area contributed by atoms with Crippen LogP contribution in [-0.4, -0.2) is 44.7 Å². The topological polar surface area (TPSA) is 64.8 Å². The largest absolute Gasteiger partial charge is 0.494 e. The summed E-state index contributed by atoms with van der Waals surface area (Å²) in [7, 11) is 5.36. The minimum atomic E-state index is -0.672. The first-order valence-electron chi connectivity index (χ1n) is 6.70. The molecule has 2 N–H and O–H groups in total. The Morgan fingerprint density at radius 1 is 1.40 bits per heavy atom. The number of carbonyl (C=O) groups excluding carboxylic acids is 1. The van der Waals surface area contributed by atoms with Crippen LogP contribution in [0.2, 0.25) is 0 Å². The summed E-state index contributed by atoms with van der Waals surface area (Å²) in [6.45, 7) is 3.33. The Balaban J connectivity index is 2.95. The number of nitrogens with two attached hydrogens (primary N) is 1. The Labute approximate surface area is 120 Å². The molecule has 112 valence electrons. The zero-order valence-electron chi connectivity index (χ0n) is 12.7. The molecule has 0 spiro atoms. The van der Waals surface area contributed by atoms with Crippen molar-refractivity contribution in [3.8, 4) is 5.75 Å². The summed E-state index contributed by atoms with van der Waals surface area (Å²) in [5.41, 5.74) is 7.93. The lowest BCUT2D eigenvalue weighted by atomic mass is 10.0. The molecule has 20 heavy (non-hydrogen) atoms. The number of hydrogen-bond donors (Lipinski definition) is 1. The van der Waals surface area contributed by atoms with Gasteiger partial charge in [-0.2, -0.15) is 0 Å². The molecular weight excluding hydrogens is 256 g/mol. The fourth-order valence-corrected chi connectivity index (χ4v) is 2.02. The molecular formula is C15H24N2O3. The molecule has 0 aliphatic rings. The van der Waals surface area contributed by atoms with Gasteiger partial charge in [0, 0.05) is 13.0 Å². The Morgan fingerprint density at radius 2 is 2.10 bits per heavy atom. The smallest absolute Gasteiger partial charge is 0.322 e. The predicted octanol–water partition coefficient (Wildman–Crippen LogP) is 1.19. The summed E-state index contributed by atoms with van der Waals surface area (Å²) in [6, 6.07) is 5.32. The SMILES string of the molecule is CCOc1ccc(CN(C)C)cc1CC(N)C(=O)OC. The minimum Gasteiger partial charge on any atom is -0.494 e. The minimum absolute atomic E-state index is 0.406. The van der Waals surface area contributed by atoms with Crippen molar-refractivity contribution >= 4 is 5.97 Å². The molecule has 0 saturated heterocycles. The lowest BCUT2D eigenvalue weighted by molar-refractivity contribution is -0.142. The standard InChI is InChI=1S/C15H24N2O3/c1-5-20-14-7-6-11(10-17(2)3)8-12(14)9-13(16)15(18)19-4/h6-8,13H,5,9-10,16H2,1-4H3. The van der Waals surface area contributed by atoms with Gasteiger partial charge in [-0.15, -0.1) is 0 Å². The maximum Gasteiger partial charge on any atom is 0.322 e. The van der Waals surface area contributed by atoms with E-state index in [2.05, 4.69) is 9.64 Å². The van der Waals surface area contributed by atoms with Gasteiger partial charge in [-0.3, -0.25) is 4.79 Å². The van der Waals surface area contributed by atoms with E-state index in [1.165, 1.54) is 7.11 Å². The number of methoxy groups -OCH3 is 1. The molecule has 1 atom stereocenters. The van der Waals surface area contributed by atoms with E-state index >= 15 is 0 Å². The Bertz CT molecular complexity index is 447. The molecule has 0 aromatic heterocycles. The van der Waals surface area contributed by atoms with Crippen LogP contribution in [0.15, 0.2) is 18.2 Å². The third-order valence-corrected chi connectivity index (χ3v) is 2.87. The molecule has 5 heteroatoms. The number of carbonyl (C=O) groups is 1. The number of ether oxygens (including phenoxy) is 2. The quantitative estimate of drug-likeness (QED) is 0.760. The lowest BCUT2D eigenvalue weighted by Gasteiger charge is -2.16. The third kappa shape index (κ3) is 4.83. The van der Waals surface area contributed by atoms with Crippen LogP contribution >= 0.6 is 0 Å². The monoisotopic (exact) mass is 280 g/mol. The molecule has 0 bridgehead atoms. The fourth-order valence-electron chi connectivity index (χ4n) is 2.02. The number of hydrogen-bond acceptors (Lipinski definition) is 5. The van der Waals surface area contributed by atoms with Crippen molar-refractivity contribution in [2.45, 2.75) is 25.9 Å². The summed E-state index contributed by atoms with van der Waals surface area (Å²) in [6.07, 6.45) is 0.406. The highest BCUT2D eigenvalue weighted by Crippen LogP contribution is 2.22. The number of nitrogens with zero attached hydrogens (tertiary/aromatic N) is 1. The Kier molecular flexibility index (Phi) is 6.48. The van der Waals surface area contributed by atoms with Gasteiger partial charge < -0.3 is 20.1 Å².